The topological polar surface area (TPSA) is 35.2 Å². The second-order valence-corrected chi connectivity index (χ2v) is 6.61. The highest BCUT2D eigenvalue weighted by molar-refractivity contribution is 9.10. The van der Waals surface area contributed by atoms with Crippen molar-refractivity contribution in [1.29, 1.82) is 0 Å². The van der Waals surface area contributed by atoms with Gasteiger partial charge in [-0.2, -0.15) is 0 Å². The molecule has 0 spiro atoms. The second kappa shape index (κ2) is 6.27. The van der Waals surface area contributed by atoms with Crippen LogP contribution in [0.15, 0.2) is 22.7 Å². The van der Waals surface area contributed by atoms with Crippen LogP contribution in [0.3, 0.4) is 0 Å². The molecule has 1 unspecified atom stereocenters. The van der Waals surface area contributed by atoms with Gasteiger partial charge in [0.25, 0.3) is 0 Å². The first-order valence-electron chi connectivity index (χ1n) is 7.19. The van der Waals surface area contributed by atoms with Crippen molar-refractivity contribution in [3.8, 4) is 5.75 Å². The molecular formula is C16H24BrNO. The summed E-state index contributed by atoms with van der Waals surface area (Å²) >= 11 is 3.53. The van der Waals surface area contributed by atoms with Crippen LogP contribution in [0, 0.1) is 5.41 Å². The van der Waals surface area contributed by atoms with Gasteiger partial charge in [-0.25, -0.2) is 0 Å². The van der Waals surface area contributed by atoms with Gasteiger partial charge in [0, 0.05) is 10.5 Å². The molecule has 19 heavy (non-hydrogen) atoms. The maximum Gasteiger partial charge on any atom is 0.122 e. The van der Waals surface area contributed by atoms with Gasteiger partial charge in [-0.15, -0.1) is 0 Å². The first kappa shape index (κ1) is 14.9. The molecule has 106 valence electrons. The van der Waals surface area contributed by atoms with Gasteiger partial charge < -0.3 is 10.5 Å². The monoisotopic (exact) mass is 325 g/mol. The molecule has 1 saturated carbocycles. The zero-order valence-electron chi connectivity index (χ0n) is 11.9. The zero-order valence-corrected chi connectivity index (χ0v) is 13.5. The van der Waals surface area contributed by atoms with Crippen LogP contribution in [-0.4, -0.2) is 13.2 Å². The molecule has 0 saturated heterocycles. The summed E-state index contributed by atoms with van der Waals surface area (Å²) in [6.07, 6.45) is 7.30. The molecule has 2 nitrogen and oxygen atoms in total. The summed E-state index contributed by atoms with van der Waals surface area (Å²) in [7, 11) is 1.73. The molecule has 1 aliphatic rings. The summed E-state index contributed by atoms with van der Waals surface area (Å²) in [6, 6.07) is 6.39. The second-order valence-electron chi connectivity index (χ2n) is 5.69. The standard InChI is InChI=1S/C16H24BrNO/c1-3-16(8-4-5-9-16)15(18)11-12-10-13(17)6-7-14(12)19-2/h6-7,10,15H,3-5,8-9,11,18H2,1-2H3. The van der Waals surface area contributed by atoms with E-state index < -0.39 is 0 Å². The summed E-state index contributed by atoms with van der Waals surface area (Å²) in [6.45, 7) is 2.28. The van der Waals surface area contributed by atoms with Crippen LogP contribution in [0.25, 0.3) is 0 Å². The van der Waals surface area contributed by atoms with Gasteiger partial charge in [0.15, 0.2) is 0 Å². The third-order valence-electron chi connectivity index (χ3n) is 4.77. The Morgan fingerprint density at radius 3 is 2.63 bits per heavy atom. The molecule has 1 aromatic carbocycles. The van der Waals surface area contributed by atoms with Crippen molar-refractivity contribution >= 4 is 15.9 Å². The maximum absolute atomic E-state index is 6.56. The average Bonchev–Trinajstić information content (AvgIpc) is 2.89. The predicted octanol–water partition coefficient (Wildman–Crippen LogP) is 4.30. The molecule has 0 radical (unpaired) electrons. The van der Waals surface area contributed by atoms with E-state index in [2.05, 4.69) is 28.9 Å². The van der Waals surface area contributed by atoms with Crippen molar-refractivity contribution in [2.75, 3.05) is 7.11 Å². The van der Waals surface area contributed by atoms with E-state index in [0.717, 1.165) is 16.6 Å². The van der Waals surface area contributed by atoms with E-state index in [9.17, 15) is 0 Å². The number of rotatable bonds is 5. The number of ether oxygens (including phenoxy) is 1. The fourth-order valence-electron chi connectivity index (χ4n) is 3.43. The van der Waals surface area contributed by atoms with Crippen LogP contribution in [-0.2, 0) is 6.42 Å². The molecule has 0 aliphatic heterocycles. The lowest BCUT2D eigenvalue weighted by Gasteiger charge is -2.34. The first-order valence-corrected chi connectivity index (χ1v) is 7.98. The van der Waals surface area contributed by atoms with E-state index in [1.165, 1.54) is 37.7 Å². The van der Waals surface area contributed by atoms with Crippen molar-refractivity contribution in [3.63, 3.8) is 0 Å². The van der Waals surface area contributed by atoms with E-state index in [0.29, 0.717) is 5.41 Å². The number of methoxy groups -OCH3 is 1. The van der Waals surface area contributed by atoms with Crippen molar-refractivity contribution < 1.29 is 4.74 Å². The van der Waals surface area contributed by atoms with E-state index >= 15 is 0 Å². The Morgan fingerprint density at radius 2 is 2.05 bits per heavy atom. The SMILES string of the molecule is CCC1(C(N)Cc2cc(Br)ccc2OC)CCCC1. The molecule has 0 bridgehead atoms. The van der Waals surface area contributed by atoms with Crippen molar-refractivity contribution in [2.24, 2.45) is 11.1 Å². The number of nitrogens with two attached hydrogens (primary N) is 1. The Morgan fingerprint density at radius 1 is 1.37 bits per heavy atom. The summed E-state index contributed by atoms with van der Waals surface area (Å²) in [5.41, 5.74) is 8.11. The van der Waals surface area contributed by atoms with Gasteiger partial charge in [0.2, 0.25) is 0 Å². The molecule has 0 heterocycles. The van der Waals surface area contributed by atoms with Gasteiger partial charge in [-0.3, -0.25) is 0 Å². The Hall–Kier alpha value is -0.540. The molecule has 3 heteroatoms. The normalized spacial score (nSPS) is 19.4. The van der Waals surface area contributed by atoms with Crippen LogP contribution in [0.5, 0.6) is 5.75 Å². The molecule has 2 rings (SSSR count). The molecular weight excluding hydrogens is 302 g/mol. The molecule has 1 fully saturated rings. The smallest absolute Gasteiger partial charge is 0.122 e. The van der Waals surface area contributed by atoms with Gasteiger partial charge in [0.1, 0.15) is 5.75 Å². The third kappa shape index (κ3) is 3.14. The van der Waals surface area contributed by atoms with Crippen LogP contribution in [0.4, 0.5) is 0 Å². The highest BCUT2D eigenvalue weighted by atomic mass is 79.9. The number of hydrogen-bond donors (Lipinski definition) is 1. The van der Waals surface area contributed by atoms with Crippen LogP contribution >= 0.6 is 15.9 Å². The Kier molecular flexibility index (Phi) is 4.91. The van der Waals surface area contributed by atoms with Crippen molar-refractivity contribution in [2.45, 2.75) is 51.5 Å². The molecule has 1 atom stereocenters. The lowest BCUT2D eigenvalue weighted by atomic mass is 9.74. The minimum absolute atomic E-state index is 0.225. The van der Waals surface area contributed by atoms with Crippen molar-refractivity contribution in [1.82, 2.24) is 0 Å². The van der Waals surface area contributed by atoms with Crippen molar-refractivity contribution in [3.05, 3.63) is 28.2 Å². The summed E-state index contributed by atoms with van der Waals surface area (Å²) < 4.78 is 6.54. The van der Waals surface area contributed by atoms with E-state index in [4.69, 9.17) is 10.5 Å². The Bertz CT molecular complexity index is 427. The summed E-state index contributed by atoms with van der Waals surface area (Å²) in [5.74, 6) is 0.947. The highest BCUT2D eigenvalue weighted by Crippen LogP contribution is 2.44. The lowest BCUT2D eigenvalue weighted by molar-refractivity contribution is 0.217. The number of hydrogen-bond acceptors (Lipinski definition) is 2. The largest absolute Gasteiger partial charge is 0.496 e. The maximum atomic E-state index is 6.56. The summed E-state index contributed by atoms with van der Waals surface area (Å²) in [5, 5.41) is 0. The predicted molar refractivity (Wildman–Crippen MR) is 83.6 cm³/mol. The summed E-state index contributed by atoms with van der Waals surface area (Å²) in [4.78, 5) is 0. The van der Waals surface area contributed by atoms with Crippen LogP contribution in [0.2, 0.25) is 0 Å². The average molecular weight is 326 g/mol. The Balaban J connectivity index is 2.18. The molecule has 1 aliphatic carbocycles. The van der Waals surface area contributed by atoms with Gasteiger partial charge in [-0.1, -0.05) is 35.7 Å². The molecule has 0 amide bonds. The lowest BCUT2D eigenvalue weighted by Crippen LogP contribution is -2.41. The number of benzene rings is 1. The quantitative estimate of drug-likeness (QED) is 0.876. The molecule has 2 N–H and O–H groups in total. The van der Waals surface area contributed by atoms with Gasteiger partial charge in [0.05, 0.1) is 7.11 Å². The Labute approximate surface area is 124 Å². The fraction of sp³-hybridized carbons (Fsp3) is 0.625. The van der Waals surface area contributed by atoms with Crippen LogP contribution in [0.1, 0.15) is 44.6 Å². The first-order chi connectivity index (χ1) is 9.11. The fourth-order valence-corrected chi connectivity index (χ4v) is 3.83. The van der Waals surface area contributed by atoms with E-state index in [-0.39, 0.29) is 6.04 Å². The molecule has 0 aromatic heterocycles. The van der Waals surface area contributed by atoms with E-state index in [1.807, 2.05) is 12.1 Å². The molecule has 1 aromatic rings. The number of halogens is 1. The van der Waals surface area contributed by atoms with Crippen LogP contribution < -0.4 is 10.5 Å². The minimum Gasteiger partial charge on any atom is -0.496 e. The van der Waals surface area contributed by atoms with Gasteiger partial charge in [-0.05, 0) is 54.9 Å². The van der Waals surface area contributed by atoms with E-state index in [1.54, 1.807) is 7.11 Å². The zero-order chi connectivity index (χ0) is 13.9. The third-order valence-corrected chi connectivity index (χ3v) is 5.27. The highest BCUT2D eigenvalue weighted by Gasteiger charge is 2.37. The van der Waals surface area contributed by atoms with Gasteiger partial charge >= 0.3 is 0 Å². The minimum atomic E-state index is 0.225.